The molecule has 0 aliphatic carbocycles. The van der Waals surface area contributed by atoms with Crippen LogP contribution in [0.1, 0.15) is 15.9 Å². The molecule has 2 N–H and O–H groups in total. The van der Waals surface area contributed by atoms with Crippen LogP contribution in [0, 0.1) is 0 Å². The van der Waals surface area contributed by atoms with Crippen LogP contribution in [0.4, 0.5) is 0 Å². The summed E-state index contributed by atoms with van der Waals surface area (Å²) >= 11 is 0. The van der Waals surface area contributed by atoms with Crippen molar-refractivity contribution in [3.8, 4) is 17.2 Å². The Balaban J connectivity index is 0.000000521. The summed E-state index contributed by atoms with van der Waals surface area (Å²) in [7, 11) is 7.12. The highest BCUT2D eigenvalue weighted by atomic mass is 16.5. The molecule has 0 bridgehead atoms. The minimum Gasteiger partial charge on any atom is -0.545 e. The Kier molecular flexibility index (Phi) is 10.9. The van der Waals surface area contributed by atoms with Gasteiger partial charge in [0.15, 0.2) is 17.1 Å². The predicted molar refractivity (Wildman–Crippen MR) is 134 cm³/mol. The zero-order chi connectivity index (χ0) is 27.4. The topological polar surface area (TPSA) is 140 Å². The van der Waals surface area contributed by atoms with Gasteiger partial charge in [-0.05, 0) is 23.8 Å². The highest BCUT2D eigenvalue weighted by Crippen LogP contribution is 2.46. The molecule has 0 atom stereocenters. The van der Waals surface area contributed by atoms with Crippen molar-refractivity contribution < 1.29 is 48.1 Å². The zero-order valence-corrected chi connectivity index (χ0v) is 21.0. The summed E-state index contributed by atoms with van der Waals surface area (Å²) in [6, 6.07) is 11.4. The SMILES string of the molecule is COc1c(C(=O)/C=C/c2ccccc2)c(OCC[NH+](C)C)c(OC)c2occc12.O=C([O-])/C=C\C(=O)O. The third-order valence-corrected chi connectivity index (χ3v) is 4.87. The molecule has 0 spiro atoms. The first kappa shape index (κ1) is 28.7. The molecule has 3 aromatic rings. The highest BCUT2D eigenvalue weighted by molar-refractivity contribution is 6.15. The van der Waals surface area contributed by atoms with Gasteiger partial charge >= 0.3 is 5.97 Å². The van der Waals surface area contributed by atoms with Crippen molar-refractivity contribution in [2.75, 3.05) is 41.5 Å². The van der Waals surface area contributed by atoms with Crippen LogP contribution in [0.2, 0.25) is 0 Å². The lowest BCUT2D eigenvalue weighted by atomic mass is 10.0. The number of hydrogen-bond acceptors (Lipinski definition) is 8. The highest BCUT2D eigenvalue weighted by Gasteiger charge is 2.28. The first-order valence-corrected chi connectivity index (χ1v) is 11.2. The largest absolute Gasteiger partial charge is 0.545 e. The average molecular weight is 512 g/mol. The van der Waals surface area contributed by atoms with Gasteiger partial charge < -0.3 is 38.5 Å². The molecule has 0 aliphatic heterocycles. The molecular weight excluding hydrogens is 482 g/mol. The first-order chi connectivity index (χ1) is 17.7. The van der Waals surface area contributed by atoms with E-state index in [1.54, 1.807) is 12.1 Å². The number of rotatable bonds is 11. The van der Waals surface area contributed by atoms with Gasteiger partial charge in [0.2, 0.25) is 5.75 Å². The van der Waals surface area contributed by atoms with Gasteiger partial charge in [-0.2, -0.15) is 0 Å². The molecule has 10 nitrogen and oxygen atoms in total. The van der Waals surface area contributed by atoms with E-state index in [9.17, 15) is 19.5 Å². The number of aliphatic carboxylic acids is 2. The molecule has 0 radical (unpaired) electrons. The Morgan fingerprint density at radius 2 is 1.65 bits per heavy atom. The standard InChI is InChI=1S/C23H25NO5.C4H4O4/c1-24(2)13-15-29-22-19(18(25)11-10-16-8-6-5-7-9-16)20(26-3)17-12-14-28-21(17)23(22)27-4;5-3(6)1-2-4(7)8/h5-12,14H,13,15H2,1-4H3;1-2H,(H,5,6)(H,7,8)/b11-10+;2-1-. The Morgan fingerprint density at radius 1 is 0.973 bits per heavy atom. The van der Waals surface area contributed by atoms with Gasteiger partial charge in [-0.25, -0.2) is 4.79 Å². The minimum atomic E-state index is -1.51. The third-order valence-electron chi connectivity index (χ3n) is 4.87. The van der Waals surface area contributed by atoms with Crippen molar-refractivity contribution >= 4 is 34.8 Å². The van der Waals surface area contributed by atoms with E-state index in [1.165, 1.54) is 31.5 Å². The fourth-order valence-electron chi connectivity index (χ4n) is 3.19. The Morgan fingerprint density at radius 3 is 2.19 bits per heavy atom. The van der Waals surface area contributed by atoms with Crippen molar-refractivity contribution in [1.82, 2.24) is 0 Å². The summed E-state index contributed by atoms with van der Waals surface area (Å²) in [4.78, 5) is 33.4. The Hall–Kier alpha value is -4.57. The number of nitrogens with one attached hydrogen (secondary N) is 1. The number of benzene rings is 2. The maximum atomic E-state index is 13.2. The fraction of sp³-hybridized carbons (Fsp3) is 0.222. The molecule has 0 saturated carbocycles. The second-order valence-corrected chi connectivity index (χ2v) is 7.84. The summed E-state index contributed by atoms with van der Waals surface area (Å²) in [5, 5.41) is 17.9. The predicted octanol–water partition coefficient (Wildman–Crippen LogP) is 1.25. The van der Waals surface area contributed by atoms with E-state index in [4.69, 9.17) is 23.7 Å². The zero-order valence-electron chi connectivity index (χ0n) is 21.0. The lowest BCUT2D eigenvalue weighted by Gasteiger charge is -2.18. The van der Waals surface area contributed by atoms with E-state index >= 15 is 0 Å². The van der Waals surface area contributed by atoms with Crippen LogP contribution in [0.15, 0.2) is 65.3 Å². The average Bonchev–Trinajstić information content (AvgIpc) is 3.35. The van der Waals surface area contributed by atoms with Gasteiger partial charge in [0, 0.05) is 6.08 Å². The number of carboxylic acid groups (broad SMARTS) is 2. The van der Waals surface area contributed by atoms with Crippen LogP contribution in [0.3, 0.4) is 0 Å². The van der Waals surface area contributed by atoms with Crippen LogP contribution in [0.5, 0.6) is 17.2 Å². The lowest BCUT2D eigenvalue weighted by molar-refractivity contribution is -0.858. The summed E-state index contributed by atoms with van der Waals surface area (Å²) in [6.45, 7) is 1.17. The minimum absolute atomic E-state index is 0.237. The summed E-state index contributed by atoms with van der Waals surface area (Å²) < 4.78 is 22.8. The fourth-order valence-corrected chi connectivity index (χ4v) is 3.19. The summed E-state index contributed by atoms with van der Waals surface area (Å²) in [5.74, 6) is -1.92. The maximum Gasteiger partial charge on any atom is 0.328 e. The molecule has 0 amide bonds. The Labute approximate surface area is 214 Å². The van der Waals surface area contributed by atoms with Crippen molar-refractivity contribution in [2.24, 2.45) is 0 Å². The van der Waals surface area contributed by atoms with E-state index < -0.39 is 11.9 Å². The number of quaternary nitrogens is 1. The van der Waals surface area contributed by atoms with E-state index in [0.29, 0.717) is 52.5 Å². The number of carboxylic acids is 2. The lowest BCUT2D eigenvalue weighted by Crippen LogP contribution is -3.06. The summed E-state index contributed by atoms with van der Waals surface area (Å²) in [6.07, 6.45) is 5.76. The van der Waals surface area contributed by atoms with Crippen LogP contribution >= 0.6 is 0 Å². The number of allylic oxidation sites excluding steroid dienone is 1. The number of furan rings is 1. The third kappa shape index (κ3) is 8.25. The Bertz CT molecular complexity index is 1260. The van der Waals surface area contributed by atoms with E-state index in [0.717, 1.165) is 12.1 Å². The van der Waals surface area contributed by atoms with Crippen LogP contribution in [0.25, 0.3) is 17.0 Å². The first-order valence-electron chi connectivity index (χ1n) is 11.2. The van der Waals surface area contributed by atoms with Gasteiger partial charge in [-0.3, -0.25) is 4.79 Å². The molecule has 1 aromatic heterocycles. The smallest absolute Gasteiger partial charge is 0.328 e. The number of ether oxygens (including phenoxy) is 3. The van der Waals surface area contributed by atoms with Gasteiger partial charge in [0.1, 0.15) is 24.5 Å². The van der Waals surface area contributed by atoms with Gasteiger partial charge in [-0.1, -0.05) is 36.4 Å². The second kappa shape index (κ2) is 14.1. The van der Waals surface area contributed by atoms with Gasteiger partial charge in [0.05, 0.1) is 45.9 Å². The van der Waals surface area contributed by atoms with Crippen molar-refractivity contribution in [1.29, 1.82) is 0 Å². The quantitative estimate of drug-likeness (QED) is 0.287. The normalized spacial score (nSPS) is 10.9. The number of carbonyl (C=O) groups is 3. The van der Waals surface area contributed by atoms with Gasteiger partial charge in [0.25, 0.3) is 0 Å². The van der Waals surface area contributed by atoms with Crippen molar-refractivity contribution in [3.05, 3.63) is 72.0 Å². The molecule has 3 rings (SSSR count). The number of fused-ring (bicyclic) bond motifs is 1. The molecule has 10 heteroatoms. The van der Waals surface area contributed by atoms with E-state index in [1.807, 2.05) is 44.4 Å². The summed E-state index contributed by atoms with van der Waals surface area (Å²) in [5.41, 5.74) is 1.73. The molecule has 37 heavy (non-hydrogen) atoms. The monoisotopic (exact) mass is 511 g/mol. The molecule has 0 aliphatic rings. The number of hydrogen-bond donors (Lipinski definition) is 2. The van der Waals surface area contributed by atoms with Crippen LogP contribution in [-0.2, 0) is 9.59 Å². The number of methoxy groups -OCH3 is 2. The van der Waals surface area contributed by atoms with Crippen LogP contribution < -0.4 is 24.2 Å². The second-order valence-electron chi connectivity index (χ2n) is 7.84. The molecule has 0 saturated heterocycles. The number of likely N-dealkylation sites (N-methyl/N-ethyl adjacent to an activating group) is 1. The maximum absolute atomic E-state index is 13.2. The molecule has 196 valence electrons. The molecular formula is C27H29NO9. The van der Waals surface area contributed by atoms with Crippen molar-refractivity contribution in [3.63, 3.8) is 0 Å². The molecule has 0 fully saturated rings. The number of carbonyl (C=O) groups excluding carboxylic acids is 2. The molecule has 2 aromatic carbocycles. The van der Waals surface area contributed by atoms with Gasteiger partial charge in [-0.15, -0.1) is 0 Å². The van der Waals surface area contributed by atoms with Crippen molar-refractivity contribution in [2.45, 2.75) is 0 Å². The van der Waals surface area contributed by atoms with E-state index in [2.05, 4.69) is 0 Å². The molecule has 0 unspecified atom stereocenters. The molecule has 1 heterocycles. The van der Waals surface area contributed by atoms with E-state index in [-0.39, 0.29) is 5.78 Å². The van der Waals surface area contributed by atoms with Crippen LogP contribution in [-0.4, -0.2) is 64.3 Å². The number of ketones is 1.